The molecule has 0 aromatic heterocycles. The fourth-order valence-electron chi connectivity index (χ4n) is 1.99. The van der Waals surface area contributed by atoms with Crippen molar-refractivity contribution in [3.05, 3.63) is 64.1 Å². The molecule has 27 heavy (non-hydrogen) atoms. The highest BCUT2D eigenvalue weighted by molar-refractivity contribution is 9.10. The van der Waals surface area contributed by atoms with E-state index in [1.54, 1.807) is 69.3 Å². The predicted molar refractivity (Wildman–Crippen MR) is 107 cm³/mol. The summed E-state index contributed by atoms with van der Waals surface area (Å²) in [4.78, 5) is 23.6. The van der Waals surface area contributed by atoms with Gasteiger partial charge in [-0.1, -0.05) is 15.9 Å². The number of ether oxygens (including phenoxy) is 2. The van der Waals surface area contributed by atoms with Crippen molar-refractivity contribution in [2.24, 2.45) is 5.10 Å². The molecular weight excluding hydrogens is 412 g/mol. The SMILES string of the molecule is CC(C)(C)OC(=O)COc1ccc(C=NNC(=O)c2ccc(Br)cc2)cc1. The number of carbonyl (C=O) groups is 2. The third-order valence-corrected chi connectivity index (χ3v) is 3.67. The van der Waals surface area contributed by atoms with Crippen LogP contribution >= 0.6 is 15.9 Å². The third kappa shape index (κ3) is 7.62. The molecule has 0 atom stereocenters. The van der Waals surface area contributed by atoms with Crippen LogP contribution in [0.15, 0.2) is 58.1 Å². The lowest BCUT2D eigenvalue weighted by Gasteiger charge is -2.19. The van der Waals surface area contributed by atoms with E-state index in [4.69, 9.17) is 9.47 Å². The Morgan fingerprint density at radius 3 is 2.30 bits per heavy atom. The van der Waals surface area contributed by atoms with E-state index in [9.17, 15) is 9.59 Å². The second-order valence-corrected chi connectivity index (χ2v) is 7.57. The van der Waals surface area contributed by atoms with E-state index >= 15 is 0 Å². The van der Waals surface area contributed by atoms with Crippen molar-refractivity contribution in [2.75, 3.05) is 6.61 Å². The maximum atomic E-state index is 11.9. The normalized spacial score (nSPS) is 11.3. The number of esters is 1. The van der Waals surface area contributed by atoms with Gasteiger partial charge >= 0.3 is 5.97 Å². The van der Waals surface area contributed by atoms with Gasteiger partial charge in [-0.2, -0.15) is 5.10 Å². The van der Waals surface area contributed by atoms with E-state index in [0.29, 0.717) is 11.3 Å². The molecule has 0 fully saturated rings. The van der Waals surface area contributed by atoms with Crippen LogP contribution in [0.3, 0.4) is 0 Å². The number of hydrazone groups is 1. The zero-order valence-electron chi connectivity index (χ0n) is 15.4. The first kappa shape index (κ1) is 20.6. The zero-order chi connectivity index (χ0) is 19.9. The van der Waals surface area contributed by atoms with Gasteiger partial charge in [0.15, 0.2) is 6.61 Å². The molecule has 6 nitrogen and oxygen atoms in total. The molecule has 0 radical (unpaired) electrons. The van der Waals surface area contributed by atoms with Gasteiger partial charge in [0.2, 0.25) is 0 Å². The molecular formula is C20H21BrN2O4. The number of carbonyl (C=O) groups excluding carboxylic acids is 2. The minimum atomic E-state index is -0.540. The third-order valence-electron chi connectivity index (χ3n) is 3.14. The lowest BCUT2D eigenvalue weighted by Crippen LogP contribution is -2.27. The van der Waals surface area contributed by atoms with Crippen LogP contribution in [0.4, 0.5) is 0 Å². The molecule has 0 bridgehead atoms. The van der Waals surface area contributed by atoms with Gasteiger partial charge in [0, 0.05) is 10.0 Å². The first-order valence-corrected chi connectivity index (χ1v) is 9.06. The van der Waals surface area contributed by atoms with Crippen molar-refractivity contribution in [3.63, 3.8) is 0 Å². The van der Waals surface area contributed by atoms with Gasteiger partial charge in [0.05, 0.1) is 6.21 Å². The van der Waals surface area contributed by atoms with Crippen LogP contribution in [0.2, 0.25) is 0 Å². The molecule has 1 amide bonds. The Labute approximate surface area is 166 Å². The largest absolute Gasteiger partial charge is 0.482 e. The van der Waals surface area contributed by atoms with Gasteiger partial charge in [-0.25, -0.2) is 10.2 Å². The maximum Gasteiger partial charge on any atom is 0.344 e. The molecule has 2 aromatic carbocycles. The van der Waals surface area contributed by atoms with Crippen LogP contribution in [0.25, 0.3) is 0 Å². The van der Waals surface area contributed by atoms with Crippen molar-refractivity contribution in [1.82, 2.24) is 5.43 Å². The Balaban J connectivity index is 1.82. The molecule has 0 aliphatic carbocycles. The summed E-state index contributed by atoms with van der Waals surface area (Å²) in [5, 5.41) is 3.93. The first-order chi connectivity index (χ1) is 12.7. The Bertz CT molecular complexity index is 809. The highest BCUT2D eigenvalue weighted by atomic mass is 79.9. The Morgan fingerprint density at radius 2 is 1.70 bits per heavy atom. The number of rotatable bonds is 6. The van der Waals surface area contributed by atoms with Crippen LogP contribution in [-0.2, 0) is 9.53 Å². The molecule has 0 spiro atoms. The molecule has 142 valence electrons. The summed E-state index contributed by atoms with van der Waals surface area (Å²) in [6.07, 6.45) is 1.52. The second kappa shape index (κ2) is 9.32. The summed E-state index contributed by atoms with van der Waals surface area (Å²) in [5.41, 5.74) is 3.21. The molecule has 0 aliphatic rings. The van der Waals surface area contributed by atoms with E-state index in [1.165, 1.54) is 6.21 Å². The van der Waals surface area contributed by atoms with Crippen molar-refractivity contribution in [2.45, 2.75) is 26.4 Å². The summed E-state index contributed by atoms with van der Waals surface area (Å²) in [6, 6.07) is 13.9. The maximum absolute atomic E-state index is 11.9. The highest BCUT2D eigenvalue weighted by Gasteiger charge is 2.16. The second-order valence-electron chi connectivity index (χ2n) is 6.65. The van der Waals surface area contributed by atoms with Gasteiger partial charge in [-0.05, 0) is 74.9 Å². The molecule has 1 N–H and O–H groups in total. The standard InChI is InChI=1S/C20H21BrN2O4/c1-20(2,3)27-18(24)13-26-17-10-4-14(5-11-17)12-22-23-19(25)15-6-8-16(21)9-7-15/h4-12H,13H2,1-3H3,(H,23,25). The number of nitrogens with one attached hydrogen (secondary N) is 1. The van der Waals surface area contributed by atoms with Gasteiger partial charge in [0.25, 0.3) is 5.91 Å². The quantitative estimate of drug-likeness (QED) is 0.426. The van der Waals surface area contributed by atoms with Gasteiger partial charge in [-0.3, -0.25) is 4.79 Å². The number of nitrogens with zero attached hydrogens (tertiary/aromatic N) is 1. The first-order valence-electron chi connectivity index (χ1n) is 8.27. The molecule has 0 saturated heterocycles. The highest BCUT2D eigenvalue weighted by Crippen LogP contribution is 2.13. The number of amides is 1. The minimum Gasteiger partial charge on any atom is -0.482 e. The average Bonchev–Trinajstić information content (AvgIpc) is 2.60. The smallest absolute Gasteiger partial charge is 0.344 e. The Kier molecular flexibility index (Phi) is 7.12. The van der Waals surface area contributed by atoms with Crippen molar-refractivity contribution < 1.29 is 19.1 Å². The Morgan fingerprint density at radius 1 is 1.07 bits per heavy atom. The van der Waals surface area contributed by atoms with E-state index < -0.39 is 11.6 Å². The number of halogens is 1. The summed E-state index contributed by atoms with van der Waals surface area (Å²) in [6.45, 7) is 5.24. The molecule has 0 heterocycles. The fraction of sp³-hybridized carbons (Fsp3) is 0.250. The molecule has 0 saturated carbocycles. The van der Waals surface area contributed by atoms with E-state index in [1.807, 2.05) is 0 Å². The monoisotopic (exact) mass is 432 g/mol. The lowest BCUT2D eigenvalue weighted by atomic mass is 10.2. The molecule has 0 unspecified atom stereocenters. The number of benzene rings is 2. The van der Waals surface area contributed by atoms with Crippen molar-refractivity contribution in [3.8, 4) is 5.75 Å². The summed E-state index contributed by atoms with van der Waals surface area (Å²) in [5.74, 6) is -0.184. The molecule has 2 rings (SSSR count). The van der Waals surface area contributed by atoms with Crippen LogP contribution in [0.1, 0.15) is 36.7 Å². The van der Waals surface area contributed by atoms with Crippen molar-refractivity contribution in [1.29, 1.82) is 0 Å². The van der Waals surface area contributed by atoms with Gasteiger partial charge in [-0.15, -0.1) is 0 Å². The fourth-order valence-corrected chi connectivity index (χ4v) is 2.26. The summed E-state index contributed by atoms with van der Waals surface area (Å²) in [7, 11) is 0. The number of hydrogen-bond acceptors (Lipinski definition) is 5. The van der Waals surface area contributed by atoms with E-state index in [0.717, 1.165) is 10.0 Å². The molecule has 0 aliphatic heterocycles. The minimum absolute atomic E-state index is 0.159. The lowest BCUT2D eigenvalue weighted by molar-refractivity contribution is -0.157. The van der Waals surface area contributed by atoms with Crippen molar-refractivity contribution >= 4 is 34.0 Å². The van der Waals surface area contributed by atoms with Crippen LogP contribution in [-0.4, -0.2) is 30.3 Å². The topological polar surface area (TPSA) is 77.0 Å². The van der Waals surface area contributed by atoms with E-state index in [-0.39, 0.29) is 12.5 Å². The summed E-state index contributed by atoms with van der Waals surface area (Å²) < 4.78 is 11.5. The predicted octanol–water partition coefficient (Wildman–Crippen LogP) is 3.93. The summed E-state index contributed by atoms with van der Waals surface area (Å²) >= 11 is 3.32. The molecule has 2 aromatic rings. The Hall–Kier alpha value is -2.67. The van der Waals surface area contributed by atoms with E-state index in [2.05, 4.69) is 26.5 Å². The van der Waals surface area contributed by atoms with Gasteiger partial charge < -0.3 is 9.47 Å². The van der Waals surface area contributed by atoms with Crippen LogP contribution in [0, 0.1) is 0 Å². The number of hydrogen-bond donors (Lipinski definition) is 1. The average molecular weight is 433 g/mol. The zero-order valence-corrected chi connectivity index (χ0v) is 16.9. The van der Waals surface area contributed by atoms with Gasteiger partial charge in [0.1, 0.15) is 11.4 Å². The molecule has 7 heteroatoms. The van der Waals surface area contributed by atoms with Crippen LogP contribution < -0.4 is 10.2 Å². The van der Waals surface area contributed by atoms with Crippen LogP contribution in [0.5, 0.6) is 5.75 Å².